The molecule has 0 aliphatic carbocycles. The molecule has 0 heterocycles. The van der Waals surface area contributed by atoms with Crippen LogP contribution in [0.1, 0.15) is 18.5 Å². The van der Waals surface area contributed by atoms with Crippen molar-refractivity contribution in [3.05, 3.63) is 34.9 Å². The van der Waals surface area contributed by atoms with Crippen LogP contribution in [0.15, 0.2) is 24.3 Å². The molecule has 0 aliphatic heterocycles. The van der Waals surface area contributed by atoms with Gasteiger partial charge in [0.25, 0.3) is 0 Å². The van der Waals surface area contributed by atoms with Gasteiger partial charge in [0.2, 0.25) is 0 Å². The standard InChI is InChI=1S/C12H15ClN2O4/c1-7(8-3-2-4-9(13)5-8)14-12(19)15-10(6-16)11(17)18/h2-5,7,10,16H,6H2,1H3,(H,17,18)(H2,14,15,19)/t7?,10-/m1/s1. The highest BCUT2D eigenvalue weighted by molar-refractivity contribution is 6.30. The summed E-state index contributed by atoms with van der Waals surface area (Å²) in [4.78, 5) is 22.2. The Morgan fingerprint density at radius 2 is 2.05 bits per heavy atom. The van der Waals surface area contributed by atoms with Crippen molar-refractivity contribution in [1.82, 2.24) is 10.6 Å². The number of aliphatic carboxylic acids is 1. The normalized spacial score (nSPS) is 13.4. The van der Waals surface area contributed by atoms with Crippen molar-refractivity contribution in [2.45, 2.75) is 19.0 Å². The van der Waals surface area contributed by atoms with Crippen LogP contribution < -0.4 is 10.6 Å². The lowest BCUT2D eigenvalue weighted by molar-refractivity contribution is -0.140. The molecule has 104 valence electrons. The number of rotatable bonds is 5. The molecule has 1 unspecified atom stereocenters. The quantitative estimate of drug-likeness (QED) is 0.652. The topological polar surface area (TPSA) is 98.7 Å². The Labute approximate surface area is 115 Å². The van der Waals surface area contributed by atoms with Crippen molar-refractivity contribution in [2.24, 2.45) is 0 Å². The van der Waals surface area contributed by atoms with E-state index < -0.39 is 24.6 Å². The van der Waals surface area contributed by atoms with E-state index in [-0.39, 0.29) is 6.04 Å². The number of hydrogen-bond acceptors (Lipinski definition) is 3. The van der Waals surface area contributed by atoms with Crippen molar-refractivity contribution in [2.75, 3.05) is 6.61 Å². The van der Waals surface area contributed by atoms with Crippen LogP contribution in [0.25, 0.3) is 0 Å². The number of aliphatic hydroxyl groups is 1. The summed E-state index contributed by atoms with van der Waals surface area (Å²) < 4.78 is 0. The van der Waals surface area contributed by atoms with Gasteiger partial charge in [-0.15, -0.1) is 0 Å². The van der Waals surface area contributed by atoms with Gasteiger partial charge in [0.1, 0.15) is 0 Å². The Bertz CT molecular complexity index is 467. The van der Waals surface area contributed by atoms with E-state index in [1.54, 1.807) is 31.2 Å². The fourth-order valence-electron chi connectivity index (χ4n) is 1.44. The summed E-state index contributed by atoms with van der Waals surface area (Å²) in [5, 5.41) is 22.7. The number of nitrogens with one attached hydrogen (secondary N) is 2. The second-order valence-corrected chi connectivity index (χ2v) is 4.40. The zero-order chi connectivity index (χ0) is 14.4. The van der Waals surface area contributed by atoms with E-state index in [1.807, 2.05) is 0 Å². The Hall–Kier alpha value is -1.79. The number of carbonyl (C=O) groups excluding carboxylic acids is 1. The van der Waals surface area contributed by atoms with Gasteiger partial charge in [-0.2, -0.15) is 0 Å². The number of carboxylic acids is 1. The van der Waals surface area contributed by atoms with Gasteiger partial charge in [0, 0.05) is 5.02 Å². The molecule has 0 spiro atoms. The van der Waals surface area contributed by atoms with Crippen molar-refractivity contribution in [1.29, 1.82) is 0 Å². The van der Waals surface area contributed by atoms with Crippen LogP contribution in [-0.4, -0.2) is 34.9 Å². The third kappa shape index (κ3) is 4.76. The van der Waals surface area contributed by atoms with Crippen LogP contribution in [0.4, 0.5) is 4.79 Å². The number of aliphatic hydroxyl groups excluding tert-OH is 1. The highest BCUT2D eigenvalue weighted by Crippen LogP contribution is 2.17. The number of hydrogen-bond donors (Lipinski definition) is 4. The van der Waals surface area contributed by atoms with Gasteiger partial charge < -0.3 is 20.8 Å². The van der Waals surface area contributed by atoms with E-state index in [1.165, 1.54) is 0 Å². The summed E-state index contributed by atoms with van der Waals surface area (Å²) in [6, 6.07) is 4.61. The Morgan fingerprint density at radius 1 is 1.37 bits per heavy atom. The Kier molecular flexibility index (Phi) is 5.59. The third-order valence-corrected chi connectivity index (χ3v) is 2.72. The molecule has 6 nitrogen and oxygen atoms in total. The summed E-state index contributed by atoms with van der Waals surface area (Å²) >= 11 is 5.83. The molecular formula is C12H15ClN2O4. The summed E-state index contributed by atoms with van der Waals surface area (Å²) in [6.07, 6.45) is 0. The maximum absolute atomic E-state index is 11.6. The average Bonchev–Trinajstić information content (AvgIpc) is 2.35. The molecule has 0 saturated carbocycles. The van der Waals surface area contributed by atoms with E-state index in [2.05, 4.69) is 10.6 Å². The molecule has 0 aliphatic rings. The smallest absolute Gasteiger partial charge is 0.328 e. The van der Waals surface area contributed by atoms with Crippen LogP contribution in [0.3, 0.4) is 0 Å². The zero-order valence-electron chi connectivity index (χ0n) is 10.3. The number of amides is 2. The van der Waals surface area contributed by atoms with E-state index in [0.29, 0.717) is 5.02 Å². The van der Waals surface area contributed by atoms with Crippen molar-refractivity contribution in [3.63, 3.8) is 0 Å². The molecule has 1 aromatic carbocycles. The van der Waals surface area contributed by atoms with E-state index in [9.17, 15) is 9.59 Å². The lowest BCUT2D eigenvalue weighted by atomic mass is 10.1. The van der Waals surface area contributed by atoms with Gasteiger partial charge in [-0.25, -0.2) is 9.59 Å². The number of benzene rings is 1. The molecular weight excluding hydrogens is 272 g/mol. The van der Waals surface area contributed by atoms with E-state index >= 15 is 0 Å². The first-order valence-electron chi connectivity index (χ1n) is 5.60. The minimum absolute atomic E-state index is 0.341. The summed E-state index contributed by atoms with van der Waals surface area (Å²) in [7, 11) is 0. The maximum Gasteiger partial charge on any atom is 0.328 e. The van der Waals surface area contributed by atoms with Crippen LogP contribution in [-0.2, 0) is 4.79 Å². The lowest BCUT2D eigenvalue weighted by Gasteiger charge is -2.17. The molecule has 0 radical (unpaired) electrons. The Balaban J connectivity index is 2.59. The number of halogens is 1. The van der Waals surface area contributed by atoms with Crippen molar-refractivity contribution in [3.8, 4) is 0 Å². The van der Waals surface area contributed by atoms with Gasteiger partial charge in [-0.05, 0) is 24.6 Å². The van der Waals surface area contributed by atoms with E-state index in [0.717, 1.165) is 5.56 Å². The average molecular weight is 287 g/mol. The molecule has 1 rings (SSSR count). The second-order valence-electron chi connectivity index (χ2n) is 3.97. The predicted molar refractivity (Wildman–Crippen MR) is 70.0 cm³/mol. The first kappa shape index (κ1) is 15.3. The molecule has 7 heteroatoms. The third-order valence-electron chi connectivity index (χ3n) is 2.48. The minimum atomic E-state index is -1.33. The molecule has 2 atom stereocenters. The fourth-order valence-corrected chi connectivity index (χ4v) is 1.64. The molecule has 0 fully saturated rings. The van der Waals surface area contributed by atoms with Crippen LogP contribution in [0, 0.1) is 0 Å². The van der Waals surface area contributed by atoms with Crippen LogP contribution >= 0.6 is 11.6 Å². The van der Waals surface area contributed by atoms with Crippen LogP contribution in [0.5, 0.6) is 0 Å². The minimum Gasteiger partial charge on any atom is -0.480 e. The fraction of sp³-hybridized carbons (Fsp3) is 0.333. The van der Waals surface area contributed by atoms with Gasteiger partial charge in [0.15, 0.2) is 6.04 Å². The largest absolute Gasteiger partial charge is 0.480 e. The molecule has 19 heavy (non-hydrogen) atoms. The second kappa shape index (κ2) is 6.96. The van der Waals surface area contributed by atoms with Gasteiger partial charge in [0.05, 0.1) is 12.6 Å². The first-order valence-corrected chi connectivity index (χ1v) is 5.98. The summed E-state index contributed by atoms with van der Waals surface area (Å²) in [5.74, 6) is -1.30. The molecule has 1 aromatic rings. The van der Waals surface area contributed by atoms with E-state index in [4.69, 9.17) is 21.8 Å². The van der Waals surface area contributed by atoms with Gasteiger partial charge in [-0.1, -0.05) is 23.7 Å². The SMILES string of the molecule is CC(NC(=O)N[C@H](CO)C(=O)O)c1cccc(Cl)c1. The maximum atomic E-state index is 11.6. The van der Waals surface area contributed by atoms with Crippen LogP contribution in [0.2, 0.25) is 5.02 Å². The summed E-state index contributed by atoms with van der Waals surface area (Å²) in [5.41, 5.74) is 0.790. The van der Waals surface area contributed by atoms with Crippen molar-refractivity contribution < 1.29 is 19.8 Å². The first-order chi connectivity index (χ1) is 8.93. The summed E-state index contributed by atoms with van der Waals surface area (Å²) in [6.45, 7) is 1.06. The molecule has 4 N–H and O–H groups in total. The molecule has 2 amide bonds. The van der Waals surface area contributed by atoms with Crippen molar-refractivity contribution >= 4 is 23.6 Å². The highest BCUT2D eigenvalue weighted by atomic mass is 35.5. The number of urea groups is 1. The van der Waals surface area contributed by atoms with Gasteiger partial charge in [-0.3, -0.25) is 0 Å². The monoisotopic (exact) mass is 286 g/mol. The zero-order valence-corrected chi connectivity index (χ0v) is 11.0. The lowest BCUT2D eigenvalue weighted by Crippen LogP contribution is -2.48. The Morgan fingerprint density at radius 3 is 2.58 bits per heavy atom. The number of carboxylic acid groups (broad SMARTS) is 1. The highest BCUT2D eigenvalue weighted by Gasteiger charge is 2.19. The number of carbonyl (C=O) groups is 2. The molecule has 0 bridgehead atoms. The molecule has 0 saturated heterocycles. The van der Waals surface area contributed by atoms with Gasteiger partial charge >= 0.3 is 12.0 Å². The molecule has 0 aromatic heterocycles. The predicted octanol–water partition coefficient (Wildman–Crippen LogP) is 1.15.